The van der Waals surface area contributed by atoms with Gasteiger partial charge in [-0.2, -0.15) is 0 Å². The van der Waals surface area contributed by atoms with Crippen molar-refractivity contribution in [1.82, 2.24) is 0 Å². The van der Waals surface area contributed by atoms with Gasteiger partial charge in [0, 0.05) is 0 Å². The van der Waals surface area contributed by atoms with Crippen molar-refractivity contribution in [1.29, 1.82) is 0 Å². The molecule has 68 valence electrons. The minimum Gasteiger partial charge on any atom is -0.497 e. The standard InChI is InChI=1S/C11H12O2/c1-12-10-5-6-11-9(8-10)4-2-3-7-13-11/h3,5-8H,2,4H2,1H3. The molecule has 0 radical (unpaired) electrons. The first-order chi connectivity index (χ1) is 6.40. The minimum atomic E-state index is 0.893. The van der Waals surface area contributed by atoms with E-state index in [1.807, 2.05) is 24.3 Å². The van der Waals surface area contributed by atoms with E-state index in [0.29, 0.717) is 0 Å². The summed E-state index contributed by atoms with van der Waals surface area (Å²) in [4.78, 5) is 0. The van der Waals surface area contributed by atoms with Gasteiger partial charge in [-0.3, -0.25) is 0 Å². The lowest BCUT2D eigenvalue weighted by Gasteiger charge is -2.07. The number of ether oxygens (including phenoxy) is 2. The van der Waals surface area contributed by atoms with E-state index >= 15 is 0 Å². The van der Waals surface area contributed by atoms with Crippen LogP contribution in [0, 0.1) is 0 Å². The number of hydrogen-bond donors (Lipinski definition) is 0. The number of rotatable bonds is 1. The summed E-state index contributed by atoms with van der Waals surface area (Å²) >= 11 is 0. The predicted molar refractivity (Wildman–Crippen MR) is 51.1 cm³/mol. The Morgan fingerprint density at radius 1 is 1.38 bits per heavy atom. The molecule has 0 amide bonds. The van der Waals surface area contributed by atoms with Gasteiger partial charge in [0.2, 0.25) is 0 Å². The summed E-state index contributed by atoms with van der Waals surface area (Å²) in [5.41, 5.74) is 1.21. The lowest BCUT2D eigenvalue weighted by Crippen LogP contribution is -1.90. The van der Waals surface area contributed by atoms with E-state index in [1.54, 1.807) is 13.4 Å². The number of hydrogen-bond acceptors (Lipinski definition) is 2. The summed E-state index contributed by atoms with van der Waals surface area (Å²) in [6.45, 7) is 0. The van der Waals surface area contributed by atoms with E-state index in [4.69, 9.17) is 9.47 Å². The third kappa shape index (κ3) is 1.66. The Hall–Kier alpha value is -1.44. The molecule has 13 heavy (non-hydrogen) atoms. The Labute approximate surface area is 77.8 Å². The highest BCUT2D eigenvalue weighted by molar-refractivity contribution is 5.41. The lowest BCUT2D eigenvalue weighted by molar-refractivity contribution is 0.412. The van der Waals surface area contributed by atoms with E-state index in [-0.39, 0.29) is 0 Å². The van der Waals surface area contributed by atoms with Crippen LogP contribution in [0.25, 0.3) is 0 Å². The van der Waals surface area contributed by atoms with Gasteiger partial charge in [0.1, 0.15) is 11.5 Å². The van der Waals surface area contributed by atoms with Crippen molar-refractivity contribution in [3.63, 3.8) is 0 Å². The fourth-order valence-corrected chi connectivity index (χ4v) is 1.42. The van der Waals surface area contributed by atoms with Gasteiger partial charge < -0.3 is 9.47 Å². The molecule has 0 atom stereocenters. The molecule has 1 aliphatic rings. The Bertz CT molecular complexity index is 329. The number of aryl methyl sites for hydroxylation is 1. The molecule has 0 aliphatic carbocycles. The molecule has 0 bridgehead atoms. The number of benzene rings is 1. The van der Waals surface area contributed by atoms with Gasteiger partial charge in [0.05, 0.1) is 13.4 Å². The van der Waals surface area contributed by atoms with Crippen molar-refractivity contribution < 1.29 is 9.47 Å². The average molecular weight is 176 g/mol. The topological polar surface area (TPSA) is 18.5 Å². The monoisotopic (exact) mass is 176 g/mol. The molecule has 0 aromatic heterocycles. The van der Waals surface area contributed by atoms with Crippen LogP contribution in [0.15, 0.2) is 30.5 Å². The highest BCUT2D eigenvalue weighted by Crippen LogP contribution is 2.27. The molecular weight excluding hydrogens is 164 g/mol. The maximum Gasteiger partial charge on any atom is 0.129 e. The zero-order chi connectivity index (χ0) is 9.10. The Morgan fingerprint density at radius 2 is 2.31 bits per heavy atom. The van der Waals surface area contributed by atoms with Crippen LogP contribution in [0.3, 0.4) is 0 Å². The van der Waals surface area contributed by atoms with Gasteiger partial charge in [-0.1, -0.05) is 0 Å². The molecule has 2 heteroatoms. The van der Waals surface area contributed by atoms with Crippen LogP contribution in [0.2, 0.25) is 0 Å². The third-order valence-electron chi connectivity index (χ3n) is 2.14. The second kappa shape index (κ2) is 3.52. The maximum atomic E-state index is 5.41. The van der Waals surface area contributed by atoms with Crippen LogP contribution in [-0.4, -0.2) is 7.11 Å². The Balaban J connectivity index is 2.36. The molecule has 0 N–H and O–H groups in total. The number of fused-ring (bicyclic) bond motifs is 1. The van der Waals surface area contributed by atoms with Crippen LogP contribution in [0.1, 0.15) is 12.0 Å². The summed E-state index contributed by atoms with van der Waals surface area (Å²) in [7, 11) is 1.68. The zero-order valence-electron chi connectivity index (χ0n) is 7.62. The zero-order valence-corrected chi connectivity index (χ0v) is 7.62. The summed E-state index contributed by atoms with van der Waals surface area (Å²) in [5, 5.41) is 0. The normalized spacial score (nSPS) is 14.2. The molecule has 1 aromatic carbocycles. The summed E-state index contributed by atoms with van der Waals surface area (Å²) in [6.07, 6.45) is 5.83. The van der Waals surface area contributed by atoms with Crippen LogP contribution >= 0.6 is 0 Å². The predicted octanol–water partition coefficient (Wildman–Crippen LogP) is 2.53. The van der Waals surface area contributed by atoms with Crippen molar-refractivity contribution in [2.75, 3.05) is 7.11 Å². The summed E-state index contributed by atoms with van der Waals surface area (Å²) in [5.74, 6) is 1.83. The average Bonchev–Trinajstić information content (AvgIpc) is 2.41. The van der Waals surface area contributed by atoms with Crippen LogP contribution < -0.4 is 9.47 Å². The van der Waals surface area contributed by atoms with Gasteiger partial charge in [-0.05, 0) is 42.7 Å². The van der Waals surface area contributed by atoms with Crippen molar-refractivity contribution in [2.45, 2.75) is 12.8 Å². The van der Waals surface area contributed by atoms with Crippen molar-refractivity contribution >= 4 is 0 Å². The Morgan fingerprint density at radius 3 is 3.15 bits per heavy atom. The van der Waals surface area contributed by atoms with Gasteiger partial charge >= 0.3 is 0 Å². The number of allylic oxidation sites excluding steroid dienone is 1. The highest BCUT2D eigenvalue weighted by atomic mass is 16.5. The second-order valence-electron chi connectivity index (χ2n) is 3.00. The van der Waals surface area contributed by atoms with Crippen molar-refractivity contribution in [2.24, 2.45) is 0 Å². The highest BCUT2D eigenvalue weighted by Gasteiger charge is 2.06. The largest absolute Gasteiger partial charge is 0.497 e. The fourth-order valence-electron chi connectivity index (χ4n) is 1.42. The van der Waals surface area contributed by atoms with Crippen molar-refractivity contribution in [3.05, 3.63) is 36.1 Å². The van der Waals surface area contributed by atoms with Crippen LogP contribution in [-0.2, 0) is 6.42 Å². The van der Waals surface area contributed by atoms with E-state index in [0.717, 1.165) is 24.3 Å². The number of methoxy groups -OCH3 is 1. The first kappa shape index (κ1) is 8.17. The van der Waals surface area contributed by atoms with E-state index in [9.17, 15) is 0 Å². The van der Waals surface area contributed by atoms with E-state index < -0.39 is 0 Å². The molecule has 2 rings (SSSR count). The first-order valence-electron chi connectivity index (χ1n) is 4.39. The molecule has 2 nitrogen and oxygen atoms in total. The summed E-state index contributed by atoms with van der Waals surface area (Å²) < 4.78 is 10.6. The molecular formula is C11H12O2. The molecule has 1 aliphatic heterocycles. The van der Waals surface area contributed by atoms with E-state index in [1.165, 1.54) is 5.56 Å². The SMILES string of the molecule is COc1ccc2c(c1)CCC=CO2. The fraction of sp³-hybridized carbons (Fsp3) is 0.273. The molecule has 0 saturated carbocycles. The molecule has 1 heterocycles. The van der Waals surface area contributed by atoms with Gasteiger partial charge in [0.15, 0.2) is 0 Å². The molecule has 0 unspecified atom stereocenters. The quantitative estimate of drug-likeness (QED) is 0.654. The van der Waals surface area contributed by atoms with Gasteiger partial charge in [0.25, 0.3) is 0 Å². The molecule has 0 fully saturated rings. The summed E-state index contributed by atoms with van der Waals surface area (Å²) in [6, 6.07) is 5.89. The van der Waals surface area contributed by atoms with Gasteiger partial charge in [-0.15, -0.1) is 0 Å². The Kier molecular flexibility index (Phi) is 2.21. The second-order valence-corrected chi connectivity index (χ2v) is 3.00. The van der Waals surface area contributed by atoms with E-state index in [2.05, 4.69) is 0 Å². The smallest absolute Gasteiger partial charge is 0.129 e. The van der Waals surface area contributed by atoms with Gasteiger partial charge in [-0.25, -0.2) is 0 Å². The molecule has 1 aromatic rings. The van der Waals surface area contributed by atoms with Crippen LogP contribution in [0.4, 0.5) is 0 Å². The third-order valence-corrected chi connectivity index (χ3v) is 2.14. The van der Waals surface area contributed by atoms with Crippen LogP contribution in [0.5, 0.6) is 11.5 Å². The first-order valence-corrected chi connectivity index (χ1v) is 4.39. The maximum absolute atomic E-state index is 5.41. The van der Waals surface area contributed by atoms with Crippen molar-refractivity contribution in [3.8, 4) is 11.5 Å². The molecule has 0 spiro atoms. The molecule has 0 saturated heterocycles. The lowest BCUT2D eigenvalue weighted by atomic mass is 10.1. The minimum absolute atomic E-state index is 0.893.